The Morgan fingerprint density at radius 1 is 1.07 bits per heavy atom. The standard InChI is InChI=1S/C19H12ClF4N3O2/c20-15-6-5-13(9-14(15)19(22,23)24)25-17(28)10-27-18(29)8-7-16(26-27)11-1-3-12(21)4-2-11/h1-9H,10H2,(H,25,28). The Morgan fingerprint density at radius 3 is 2.41 bits per heavy atom. The van der Waals surface area contributed by atoms with Crippen LogP contribution < -0.4 is 10.9 Å². The molecule has 0 saturated heterocycles. The zero-order valence-corrected chi connectivity index (χ0v) is 15.3. The lowest BCUT2D eigenvalue weighted by Gasteiger charge is -2.12. The van der Waals surface area contributed by atoms with Crippen LogP contribution in [-0.4, -0.2) is 15.7 Å². The fraction of sp³-hybridized carbons (Fsp3) is 0.105. The van der Waals surface area contributed by atoms with E-state index < -0.39 is 40.6 Å². The van der Waals surface area contributed by atoms with Crippen molar-refractivity contribution in [3.63, 3.8) is 0 Å². The molecular formula is C19H12ClF4N3O2. The van der Waals surface area contributed by atoms with Gasteiger partial charge >= 0.3 is 6.18 Å². The van der Waals surface area contributed by atoms with E-state index in [-0.39, 0.29) is 5.69 Å². The van der Waals surface area contributed by atoms with Gasteiger partial charge in [-0.3, -0.25) is 9.59 Å². The molecule has 3 aromatic rings. The molecule has 0 unspecified atom stereocenters. The van der Waals surface area contributed by atoms with Gasteiger partial charge in [-0.2, -0.15) is 18.3 Å². The number of aromatic nitrogens is 2. The molecule has 0 aliphatic carbocycles. The first-order valence-electron chi connectivity index (χ1n) is 8.14. The van der Waals surface area contributed by atoms with Crippen molar-refractivity contribution < 1.29 is 22.4 Å². The number of nitrogens with zero attached hydrogens (tertiary/aromatic N) is 2. The Morgan fingerprint density at radius 2 is 1.76 bits per heavy atom. The first-order valence-corrected chi connectivity index (χ1v) is 8.52. The normalized spacial score (nSPS) is 11.3. The summed E-state index contributed by atoms with van der Waals surface area (Å²) in [7, 11) is 0. The van der Waals surface area contributed by atoms with E-state index in [0.29, 0.717) is 17.3 Å². The highest BCUT2D eigenvalue weighted by Crippen LogP contribution is 2.36. The molecule has 0 fully saturated rings. The first kappa shape index (κ1) is 20.5. The van der Waals surface area contributed by atoms with Crippen molar-refractivity contribution in [2.75, 3.05) is 5.32 Å². The van der Waals surface area contributed by atoms with Crippen LogP contribution in [0.5, 0.6) is 0 Å². The molecule has 1 heterocycles. The van der Waals surface area contributed by atoms with E-state index in [1.54, 1.807) is 0 Å². The molecule has 10 heteroatoms. The summed E-state index contributed by atoms with van der Waals surface area (Å²) >= 11 is 5.54. The molecule has 1 amide bonds. The average Bonchev–Trinajstić information content (AvgIpc) is 2.65. The number of alkyl halides is 3. The van der Waals surface area contributed by atoms with Crippen LogP contribution >= 0.6 is 11.6 Å². The molecule has 0 saturated carbocycles. The molecule has 0 radical (unpaired) electrons. The molecule has 0 atom stereocenters. The van der Waals surface area contributed by atoms with Crippen LogP contribution in [0.3, 0.4) is 0 Å². The quantitative estimate of drug-likeness (QED) is 0.632. The maximum atomic E-state index is 13.0. The fourth-order valence-electron chi connectivity index (χ4n) is 2.49. The second-order valence-corrected chi connectivity index (χ2v) is 6.37. The van der Waals surface area contributed by atoms with Crippen molar-refractivity contribution >= 4 is 23.2 Å². The van der Waals surface area contributed by atoms with Crippen LogP contribution in [0, 0.1) is 5.82 Å². The third kappa shape index (κ3) is 5.00. The van der Waals surface area contributed by atoms with Crippen LogP contribution in [0.15, 0.2) is 59.4 Å². The zero-order valence-electron chi connectivity index (χ0n) is 14.5. The summed E-state index contributed by atoms with van der Waals surface area (Å²) in [5.74, 6) is -1.20. The van der Waals surface area contributed by atoms with E-state index in [1.807, 2.05) is 0 Å². The highest BCUT2D eigenvalue weighted by atomic mass is 35.5. The summed E-state index contributed by atoms with van der Waals surface area (Å²) in [4.78, 5) is 24.2. The maximum Gasteiger partial charge on any atom is 0.417 e. The number of carbonyl (C=O) groups excluding carboxylic acids is 1. The number of anilines is 1. The van der Waals surface area contributed by atoms with Crippen LogP contribution in [0.2, 0.25) is 5.02 Å². The number of hydrogen-bond donors (Lipinski definition) is 1. The Labute approximate surface area is 166 Å². The number of hydrogen-bond acceptors (Lipinski definition) is 3. The van der Waals surface area contributed by atoms with Crippen molar-refractivity contribution in [3.05, 3.63) is 81.4 Å². The fourth-order valence-corrected chi connectivity index (χ4v) is 2.72. The molecule has 1 N–H and O–H groups in total. The molecule has 0 spiro atoms. The Bertz CT molecular complexity index is 1110. The van der Waals surface area contributed by atoms with Crippen molar-refractivity contribution in [2.45, 2.75) is 12.7 Å². The third-order valence-corrected chi connectivity index (χ3v) is 4.19. The predicted octanol–water partition coefficient (Wildman–Crippen LogP) is 4.36. The van der Waals surface area contributed by atoms with E-state index in [9.17, 15) is 27.2 Å². The van der Waals surface area contributed by atoms with Crippen LogP contribution in [0.4, 0.5) is 23.2 Å². The lowest BCUT2D eigenvalue weighted by Crippen LogP contribution is -2.29. The van der Waals surface area contributed by atoms with Crippen LogP contribution in [0.25, 0.3) is 11.3 Å². The van der Waals surface area contributed by atoms with Gasteiger partial charge in [0.2, 0.25) is 5.91 Å². The van der Waals surface area contributed by atoms with Gasteiger partial charge in [-0.15, -0.1) is 0 Å². The number of carbonyl (C=O) groups is 1. The number of benzene rings is 2. The SMILES string of the molecule is O=C(Cn1nc(-c2ccc(F)cc2)ccc1=O)Nc1ccc(Cl)c(C(F)(F)F)c1. The van der Waals surface area contributed by atoms with Gasteiger partial charge in [-0.1, -0.05) is 11.6 Å². The Balaban J connectivity index is 1.80. The highest BCUT2D eigenvalue weighted by Gasteiger charge is 2.33. The van der Waals surface area contributed by atoms with E-state index in [4.69, 9.17) is 11.6 Å². The monoisotopic (exact) mass is 425 g/mol. The van der Waals surface area contributed by atoms with Gasteiger partial charge in [0.15, 0.2) is 0 Å². The number of halogens is 5. The van der Waals surface area contributed by atoms with Crippen LogP contribution in [0.1, 0.15) is 5.56 Å². The molecule has 3 rings (SSSR count). The second-order valence-electron chi connectivity index (χ2n) is 5.96. The second kappa shape index (κ2) is 8.04. The minimum absolute atomic E-state index is 0.130. The molecule has 5 nitrogen and oxygen atoms in total. The van der Waals surface area contributed by atoms with Crippen molar-refractivity contribution in [1.82, 2.24) is 9.78 Å². The van der Waals surface area contributed by atoms with E-state index in [2.05, 4.69) is 10.4 Å². The molecule has 1 aromatic heterocycles. The summed E-state index contributed by atoms with van der Waals surface area (Å²) in [6, 6.07) is 10.9. The van der Waals surface area contributed by atoms with Gasteiger partial charge in [0.05, 0.1) is 16.3 Å². The smallest absolute Gasteiger partial charge is 0.324 e. The largest absolute Gasteiger partial charge is 0.417 e. The number of amides is 1. The lowest BCUT2D eigenvalue weighted by molar-refractivity contribution is -0.137. The van der Waals surface area contributed by atoms with Gasteiger partial charge in [0.1, 0.15) is 12.4 Å². The zero-order chi connectivity index (χ0) is 21.2. The average molecular weight is 426 g/mol. The minimum atomic E-state index is -4.68. The Hall–Kier alpha value is -3.20. The number of rotatable bonds is 4. The summed E-state index contributed by atoms with van der Waals surface area (Å²) in [6.45, 7) is -0.530. The van der Waals surface area contributed by atoms with E-state index >= 15 is 0 Å². The van der Waals surface area contributed by atoms with E-state index in [1.165, 1.54) is 42.5 Å². The summed E-state index contributed by atoms with van der Waals surface area (Å²) in [5, 5.41) is 5.82. The molecule has 29 heavy (non-hydrogen) atoms. The topological polar surface area (TPSA) is 64.0 Å². The van der Waals surface area contributed by atoms with Crippen LogP contribution in [-0.2, 0) is 17.5 Å². The Kier molecular flexibility index (Phi) is 5.69. The molecule has 150 valence electrons. The van der Waals surface area contributed by atoms with Gasteiger partial charge in [0, 0.05) is 17.3 Å². The minimum Gasteiger partial charge on any atom is -0.324 e. The molecule has 0 bridgehead atoms. The summed E-state index contributed by atoms with van der Waals surface area (Å²) < 4.78 is 52.7. The first-order chi connectivity index (χ1) is 13.6. The molecule has 2 aromatic carbocycles. The van der Waals surface area contributed by atoms with Crippen molar-refractivity contribution in [1.29, 1.82) is 0 Å². The van der Waals surface area contributed by atoms with Gasteiger partial charge in [0.25, 0.3) is 5.56 Å². The molecule has 0 aliphatic heterocycles. The molecular weight excluding hydrogens is 414 g/mol. The van der Waals surface area contributed by atoms with Gasteiger partial charge in [-0.05, 0) is 48.5 Å². The van der Waals surface area contributed by atoms with Gasteiger partial charge < -0.3 is 5.32 Å². The van der Waals surface area contributed by atoms with Crippen molar-refractivity contribution in [2.24, 2.45) is 0 Å². The maximum absolute atomic E-state index is 13.0. The third-order valence-electron chi connectivity index (χ3n) is 3.86. The predicted molar refractivity (Wildman–Crippen MR) is 99.0 cm³/mol. The molecule has 0 aliphatic rings. The number of nitrogens with one attached hydrogen (secondary N) is 1. The van der Waals surface area contributed by atoms with E-state index in [0.717, 1.165) is 10.7 Å². The van der Waals surface area contributed by atoms with Gasteiger partial charge in [-0.25, -0.2) is 9.07 Å². The summed E-state index contributed by atoms with van der Waals surface area (Å²) in [5.41, 5.74) is -0.963. The van der Waals surface area contributed by atoms with Crippen molar-refractivity contribution in [3.8, 4) is 11.3 Å². The summed E-state index contributed by atoms with van der Waals surface area (Å²) in [6.07, 6.45) is -4.68. The lowest BCUT2D eigenvalue weighted by atomic mass is 10.1. The highest BCUT2D eigenvalue weighted by molar-refractivity contribution is 6.31.